The number of benzene rings is 1. The smallest absolute Gasteiger partial charge is 0.262 e. The van der Waals surface area contributed by atoms with Gasteiger partial charge < -0.3 is 4.98 Å². The fourth-order valence-corrected chi connectivity index (χ4v) is 2.91. The van der Waals surface area contributed by atoms with Crippen LogP contribution in [0.25, 0.3) is 16.7 Å². The molecule has 0 spiro atoms. The molecule has 26 heavy (non-hydrogen) atoms. The zero-order valence-electron chi connectivity index (χ0n) is 14.6. The van der Waals surface area contributed by atoms with E-state index in [0.717, 1.165) is 11.4 Å². The van der Waals surface area contributed by atoms with E-state index in [1.165, 1.54) is 6.20 Å². The van der Waals surface area contributed by atoms with E-state index in [1.54, 1.807) is 11.7 Å². The normalized spacial score (nSPS) is 11.5. The van der Waals surface area contributed by atoms with Crippen LogP contribution >= 0.6 is 0 Å². The molecule has 0 unspecified atom stereocenters. The molecule has 4 rings (SSSR count). The zero-order valence-corrected chi connectivity index (χ0v) is 14.6. The number of hydrogen-bond donors (Lipinski definition) is 1. The summed E-state index contributed by atoms with van der Waals surface area (Å²) in [5, 5.41) is 9.19. The van der Waals surface area contributed by atoms with Crippen LogP contribution in [0.1, 0.15) is 11.5 Å². The molecule has 8 heteroatoms. The van der Waals surface area contributed by atoms with Crippen LogP contribution < -0.4 is 5.56 Å². The van der Waals surface area contributed by atoms with Crippen LogP contribution in [-0.2, 0) is 20.1 Å². The second kappa shape index (κ2) is 6.57. The van der Waals surface area contributed by atoms with Crippen molar-refractivity contribution >= 4 is 11.0 Å². The molecular weight excluding hydrogens is 330 g/mol. The molecule has 4 aromatic rings. The van der Waals surface area contributed by atoms with Gasteiger partial charge in [-0.25, -0.2) is 9.67 Å². The Morgan fingerprint density at radius 2 is 1.96 bits per heavy atom. The highest BCUT2D eigenvalue weighted by atomic mass is 16.1. The average molecular weight is 349 g/mol. The van der Waals surface area contributed by atoms with Gasteiger partial charge in [-0.1, -0.05) is 18.2 Å². The van der Waals surface area contributed by atoms with Gasteiger partial charge >= 0.3 is 0 Å². The molecule has 3 aromatic heterocycles. The van der Waals surface area contributed by atoms with Crippen molar-refractivity contribution in [3.63, 3.8) is 0 Å². The molecule has 0 fully saturated rings. The van der Waals surface area contributed by atoms with E-state index in [2.05, 4.69) is 25.1 Å². The third-order valence-electron chi connectivity index (χ3n) is 4.17. The number of fused-ring (bicyclic) bond motifs is 1. The molecule has 8 nitrogen and oxygen atoms in total. The van der Waals surface area contributed by atoms with Gasteiger partial charge in [0.05, 0.1) is 24.1 Å². The second-order valence-corrected chi connectivity index (χ2v) is 6.28. The van der Waals surface area contributed by atoms with E-state index < -0.39 is 0 Å². The molecule has 0 aliphatic carbocycles. The van der Waals surface area contributed by atoms with Crippen LogP contribution in [0.5, 0.6) is 0 Å². The fraction of sp³-hybridized carbons (Fsp3) is 0.222. The quantitative estimate of drug-likeness (QED) is 0.590. The van der Waals surface area contributed by atoms with Crippen molar-refractivity contribution in [2.24, 2.45) is 7.05 Å². The second-order valence-electron chi connectivity index (χ2n) is 6.28. The summed E-state index contributed by atoms with van der Waals surface area (Å²) in [4.78, 5) is 21.5. The summed E-state index contributed by atoms with van der Waals surface area (Å²) in [6.45, 7) is 1.15. The first-order valence-corrected chi connectivity index (χ1v) is 8.29. The minimum absolute atomic E-state index is 0.167. The van der Waals surface area contributed by atoms with Crippen molar-refractivity contribution in [1.82, 2.24) is 34.4 Å². The van der Waals surface area contributed by atoms with Crippen molar-refractivity contribution in [3.05, 3.63) is 70.7 Å². The lowest BCUT2D eigenvalue weighted by atomic mass is 10.3. The predicted octanol–water partition coefficient (Wildman–Crippen LogP) is 1.47. The fourth-order valence-electron chi connectivity index (χ4n) is 2.91. The van der Waals surface area contributed by atoms with E-state index in [4.69, 9.17) is 0 Å². The third kappa shape index (κ3) is 3.14. The highest BCUT2D eigenvalue weighted by Crippen LogP contribution is 2.10. The molecule has 0 atom stereocenters. The van der Waals surface area contributed by atoms with E-state index in [-0.39, 0.29) is 5.56 Å². The summed E-state index contributed by atoms with van der Waals surface area (Å²) < 4.78 is 3.46. The topological polar surface area (TPSA) is 84.6 Å². The summed E-state index contributed by atoms with van der Waals surface area (Å²) in [5.41, 5.74) is 2.39. The number of hydrogen-bond acceptors (Lipinski definition) is 5. The van der Waals surface area contributed by atoms with Gasteiger partial charge in [-0.3, -0.25) is 14.4 Å². The molecule has 1 aromatic carbocycles. The molecule has 0 aliphatic rings. The summed E-state index contributed by atoms with van der Waals surface area (Å²) in [7, 11) is 3.74. The van der Waals surface area contributed by atoms with Crippen molar-refractivity contribution in [2.45, 2.75) is 13.1 Å². The van der Waals surface area contributed by atoms with Crippen LogP contribution in [0, 0.1) is 0 Å². The van der Waals surface area contributed by atoms with Gasteiger partial charge in [0.15, 0.2) is 5.65 Å². The third-order valence-corrected chi connectivity index (χ3v) is 4.17. The minimum Gasteiger partial charge on any atom is -0.309 e. The Bertz CT molecular complexity index is 1090. The first-order valence-electron chi connectivity index (χ1n) is 8.29. The number of para-hydroxylation sites is 1. The molecule has 3 heterocycles. The summed E-state index contributed by atoms with van der Waals surface area (Å²) in [6, 6.07) is 12.0. The van der Waals surface area contributed by atoms with Gasteiger partial charge in [-0.05, 0) is 25.2 Å². The van der Waals surface area contributed by atoms with Crippen LogP contribution in [0.15, 0.2) is 53.6 Å². The molecule has 0 saturated heterocycles. The Hall–Kier alpha value is -3.26. The van der Waals surface area contributed by atoms with Gasteiger partial charge in [0.1, 0.15) is 11.2 Å². The number of aromatic amines is 1. The zero-order chi connectivity index (χ0) is 18.1. The van der Waals surface area contributed by atoms with Gasteiger partial charge in [-0.2, -0.15) is 10.2 Å². The molecule has 132 valence electrons. The van der Waals surface area contributed by atoms with Crippen molar-refractivity contribution in [1.29, 1.82) is 0 Å². The van der Waals surface area contributed by atoms with Crippen molar-refractivity contribution < 1.29 is 0 Å². The predicted molar refractivity (Wildman–Crippen MR) is 97.9 cm³/mol. The van der Waals surface area contributed by atoms with Gasteiger partial charge in [0, 0.05) is 19.8 Å². The number of aromatic nitrogens is 6. The van der Waals surface area contributed by atoms with Gasteiger partial charge in [0.25, 0.3) is 5.56 Å². The van der Waals surface area contributed by atoms with Gasteiger partial charge in [0.2, 0.25) is 0 Å². The number of H-pyrrole nitrogens is 1. The Kier molecular flexibility index (Phi) is 4.10. The number of aryl methyl sites for hydroxylation is 1. The highest BCUT2D eigenvalue weighted by molar-refractivity contribution is 5.72. The van der Waals surface area contributed by atoms with E-state index >= 15 is 0 Å². The van der Waals surface area contributed by atoms with Crippen molar-refractivity contribution in [2.75, 3.05) is 7.05 Å². The SMILES string of the molecule is CN(Cc1ccn(-c2ccccc2)n1)Cc1nc2c(cnn2C)c(=O)[nH]1. The standard InChI is InChI=1S/C18H19N7O/c1-23(11-13-8-9-25(22-13)14-6-4-3-5-7-14)12-16-20-17-15(18(26)21-16)10-19-24(17)2/h3-10H,11-12H2,1-2H3,(H,20,21,26). The number of rotatable bonds is 5. The highest BCUT2D eigenvalue weighted by Gasteiger charge is 2.11. The van der Waals surface area contributed by atoms with E-state index in [1.807, 2.05) is 54.3 Å². The van der Waals surface area contributed by atoms with Crippen LogP contribution in [0.4, 0.5) is 0 Å². The Morgan fingerprint density at radius 1 is 1.15 bits per heavy atom. The van der Waals surface area contributed by atoms with Crippen LogP contribution in [-0.4, -0.2) is 41.5 Å². The minimum atomic E-state index is -0.167. The molecule has 1 N–H and O–H groups in total. The molecule has 0 aliphatic heterocycles. The maximum absolute atomic E-state index is 12.1. The summed E-state index contributed by atoms with van der Waals surface area (Å²) in [6.07, 6.45) is 3.48. The summed E-state index contributed by atoms with van der Waals surface area (Å²) >= 11 is 0. The Balaban J connectivity index is 1.49. The number of nitrogens with zero attached hydrogens (tertiary/aromatic N) is 6. The lowest BCUT2D eigenvalue weighted by Gasteiger charge is -2.14. The summed E-state index contributed by atoms with van der Waals surface area (Å²) in [5.74, 6) is 0.607. The Morgan fingerprint density at radius 3 is 2.77 bits per heavy atom. The maximum Gasteiger partial charge on any atom is 0.262 e. The molecule has 0 saturated carbocycles. The average Bonchev–Trinajstić information content (AvgIpc) is 3.23. The first kappa shape index (κ1) is 16.2. The van der Waals surface area contributed by atoms with E-state index in [9.17, 15) is 4.79 Å². The molecule has 0 radical (unpaired) electrons. The largest absolute Gasteiger partial charge is 0.309 e. The molecular formula is C18H19N7O. The lowest BCUT2D eigenvalue weighted by Crippen LogP contribution is -2.22. The van der Waals surface area contributed by atoms with Crippen LogP contribution in [0.2, 0.25) is 0 Å². The number of nitrogens with one attached hydrogen (secondary N) is 1. The monoisotopic (exact) mass is 349 g/mol. The molecule has 0 bridgehead atoms. The van der Waals surface area contributed by atoms with Gasteiger partial charge in [-0.15, -0.1) is 0 Å². The van der Waals surface area contributed by atoms with Crippen LogP contribution in [0.3, 0.4) is 0 Å². The Labute approximate surface area is 149 Å². The molecule has 0 amide bonds. The first-order chi connectivity index (χ1) is 12.6. The van der Waals surface area contributed by atoms with E-state index in [0.29, 0.717) is 29.9 Å². The lowest BCUT2D eigenvalue weighted by molar-refractivity contribution is 0.306. The van der Waals surface area contributed by atoms with Crippen molar-refractivity contribution in [3.8, 4) is 5.69 Å². The maximum atomic E-state index is 12.1.